The molecule has 4 heteroatoms. The fourth-order valence-electron chi connectivity index (χ4n) is 0.997. The summed E-state index contributed by atoms with van der Waals surface area (Å²) in [6.45, 7) is 3.22. The molecule has 76 valence electrons. The summed E-state index contributed by atoms with van der Waals surface area (Å²) in [7, 11) is 0. The van der Waals surface area contributed by atoms with E-state index in [0.29, 0.717) is 11.4 Å². The first kappa shape index (κ1) is 10.5. The Morgan fingerprint density at radius 1 is 1.36 bits per heavy atom. The van der Waals surface area contributed by atoms with Crippen LogP contribution in [0.4, 0.5) is 14.5 Å². The van der Waals surface area contributed by atoms with Crippen LogP contribution in [0.5, 0.6) is 0 Å². The summed E-state index contributed by atoms with van der Waals surface area (Å²) >= 11 is 0. The van der Waals surface area contributed by atoms with Crippen LogP contribution in [0, 0.1) is 0 Å². The lowest BCUT2D eigenvalue weighted by molar-refractivity contribution is 0.163. The molecule has 2 nitrogen and oxygen atoms in total. The van der Waals surface area contributed by atoms with Crippen LogP contribution >= 0.6 is 0 Å². The maximum Gasteiger partial charge on any atom is 0.255 e. The van der Waals surface area contributed by atoms with Gasteiger partial charge in [0.05, 0.1) is 6.54 Å². The highest BCUT2D eigenvalue weighted by atomic mass is 19.3. The second-order valence-corrected chi connectivity index (χ2v) is 2.87. The topological polar surface area (TPSA) is 38.0 Å². The second kappa shape index (κ2) is 4.60. The molecular weight excluding hydrogens is 186 g/mol. The molecule has 0 amide bonds. The Kier molecular flexibility index (Phi) is 3.45. The minimum absolute atomic E-state index is 0.344. The number of nitrogens with one attached hydrogen (secondary N) is 1. The maximum atomic E-state index is 11.8. The molecule has 0 radical (unpaired) electrons. The van der Waals surface area contributed by atoms with Gasteiger partial charge >= 0.3 is 0 Å². The lowest BCUT2D eigenvalue weighted by Gasteiger charge is -2.06. The van der Waals surface area contributed by atoms with E-state index in [9.17, 15) is 8.78 Å². The van der Waals surface area contributed by atoms with Crippen molar-refractivity contribution < 1.29 is 8.78 Å². The zero-order chi connectivity index (χ0) is 10.6. The van der Waals surface area contributed by atoms with Gasteiger partial charge in [-0.2, -0.15) is 0 Å². The third-order valence-electron chi connectivity index (χ3n) is 1.72. The minimum atomic E-state index is -2.35. The molecule has 0 aliphatic carbocycles. The molecule has 1 aromatic rings. The van der Waals surface area contributed by atoms with Gasteiger partial charge in [-0.25, -0.2) is 8.78 Å². The van der Waals surface area contributed by atoms with Crippen LogP contribution in [0.3, 0.4) is 0 Å². The molecule has 0 heterocycles. The van der Waals surface area contributed by atoms with E-state index in [1.165, 1.54) is 0 Å². The summed E-state index contributed by atoms with van der Waals surface area (Å²) in [5.74, 6) is 0. The Morgan fingerprint density at radius 2 is 1.93 bits per heavy atom. The van der Waals surface area contributed by atoms with Crippen LogP contribution in [0.15, 0.2) is 30.8 Å². The highest BCUT2D eigenvalue weighted by Crippen LogP contribution is 2.12. The quantitative estimate of drug-likeness (QED) is 0.779. The predicted molar refractivity (Wildman–Crippen MR) is 54.2 cm³/mol. The van der Waals surface area contributed by atoms with E-state index < -0.39 is 6.43 Å². The number of rotatable bonds is 4. The average molecular weight is 198 g/mol. The van der Waals surface area contributed by atoms with E-state index in [-0.39, 0.29) is 6.54 Å². The average Bonchev–Trinajstić information content (AvgIpc) is 2.15. The Labute approximate surface area is 81.4 Å². The first-order valence-corrected chi connectivity index (χ1v) is 4.16. The first-order chi connectivity index (χ1) is 6.59. The maximum absolute atomic E-state index is 11.8. The lowest BCUT2D eigenvalue weighted by Crippen LogP contribution is -2.10. The van der Waals surface area contributed by atoms with E-state index in [4.69, 9.17) is 5.73 Å². The number of benzene rings is 1. The summed E-state index contributed by atoms with van der Waals surface area (Å²) in [6.07, 6.45) is -2.35. The number of hydrogen-bond donors (Lipinski definition) is 2. The van der Waals surface area contributed by atoms with Crippen molar-refractivity contribution in [2.75, 3.05) is 11.9 Å². The molecule has 1 aromatic carbocycles. The van der Waals surface area contributed by atoms with Gasteiger partial charge in [0.25, 0.3) is 6.43 Å². The highest BCUT2D eigenvalue weighted by molar-refractivity contribution is 5.62. The van der Waals surface area contributed by atoms with Crippen LogP contribution in [-0.2, 0) is 0 Å². The van der Waals surface area contributed by atoms with E-state index in [0.717, 1.165) is 5.56 Å². The lowest BCUT2D eigenvalue weighted by atomic mass is 10.1. The van der Waals surface area contributed by atoms with Gasteiger partial charge in [-0.15, -0.1) is 0 Å². The van der Waals surface area contributed by atoms with Crippen LogP contribution in [0.25, 0.3) is 5.70 Å². The van der Waals surface area contributed by atoms with Gasteiger partial charge in [0, 0.05) is 11.4 Å². The van der Waals surface area contributed by atoms with Gasteiger partial charge in [-0.1, -0.05) is 18.7 Å². The van der Waals surface area contributed by atoms with Crippen LogP contribution in [0.1, 0.15) is 5.56 Å². The first-order valence-electron chi connectivity index (χ1n) is 4.16. The monoisotopic (exact) mass is 198 g/mol. The van der Waals surface area contributed by atoms with Gasteiger partial charge in [-0.3, -0.25) is 0 Å². The number of nitrogens with two attached hydrogens (primary N) is 1. The Hall–Kier alpha value is -1.58. The van der Waals surface area contributed by atoms with E-state index >= 15 is 0 Å². The number of anilines is 1. The van der Waals surface area contributed by atoms with Gasteiger partial charge < -0.3 is 11.1 Å². The molecule has 0 saturated heterocycles. The van der Waals surface area contributed by atoms with Gasteiger partial charge in [0.1, 0.15) is 0 Å². The zero-order valence-corrected chi connectivity index (χ0v) is 7.63. The molecule has 14 heavy (non-hydrogen) atoms. The SMILES string of the molecule is C=C(N)c1ccc(NCC(F)F)cc1. The summed E-state index contributed by atoms with van der Waals surface area (Å²) in [5.41, 5.74) is 7.36. The summed E-state index contributed by atoms with van der Waals surface area (Å²) < 4.78 is 23.7. The Bertz CT molecular complexity index is 306. The standard InChI is InChI=1S/C10H12F2N2/c1-7(13)8-2-4-9(5-3-8)14-6-10(11)12/h2-5,10,14H,1,6,13H2. The van der Waals surface area contributed by atoms with Gasteiger partial charge in [-0.05, 0) is 17.7 Å². The number of alkyl halides is 2. The van der Waals surface area contributed by atoms with E-state index in [1.54, 1.807) is 24.3 Å². The molecule has 0 aliphatic heterocycles. The van der Waals surface area contributed by atoms with Crippen molar-refractivity contribution in [2.45, 2.75) is 6.43 Å². The molecule has 0 aromatic heterocycles. The Morgan fingerprint density at radius 3 is 2.36 bits per heavy atom. The van der Waals surface area contributed by atoms with Crippen molar-refractivity contribution in [2.24, 2.45) is 5.73 Å². The van der Waals surface area contributed by atoms with Crippen molar-refractivity contribution in [3.8, 4) is 0 Å². The van der Waals surface area contributed by atoms with Crippen molar-refractivity contribution in [1.82, 2.24) is 0 Å². The summed E-state index contributed by atoms with van der Waals surface area (Å²) in [4.78, 5) is 0. The molecule has 1 rings (SSSR count). The second-order valence-electron chi connectivity index (χ2n) is 2.87. The summed E-state index contributed by atoms with van der Waals surface area (Å²) in [5, 5.41) is 2.59. The zero-order valence-electron chi connectivity index (χ0n) is 7.63. The molecule has 0 fully saturated rings. The highest BCUT2D eigenvalue weighted by Gasteiger charge is 2.01. The fraction of sp³-hybridized carbons (Fsp3) is 0.200. The minimum Gasteiger partial charge on any atom is -0.399 e. The van der Waals surface area contributed by atoms with Crippen LogP contribution < -0.4 is 11.1 Å². The molecule has 0 atom stereocenters. The third kappa shape index (κ3) is 3.05. The van der Waals surface area contributed by atoms with Crippen LogP contribution in [-0.4, -0.2) is 13.0 Å². The molecule has 0 spiro atoms. The molecule has 0 aliphatic rings. The molecule has 0 saturated carbocycles. The summed E-state index contributed by atoms with van der Waals surface area (Å²) in [6, 6.07) is 6.85. The molecular formula is C10H12F2N2. The third-order valence-corrected chi connectivity index (χ3v) is 1.72. The fourth-order valence-corrected chi connectivity index (χ4v) is 0.997. The molecule has 0 unspecified atom stereocenters. The van der Waals surface area contributed by atoms with E-state index in [1.807, 2.05) is 0 Å². The normalized spacial score (nSPS) is 10.2. The van der Waals surface area contributed by atoms with E-state index in [2.05, 4.69) is 11.9 Å². The van der Waals surface area contributed by atoms with Crippen molar-refractivity contribution in [3.63, 3.8) is 0 Å². The van der Waals surface area contributed by atoms with Crippen molar-refractivity contribution >= 4 is 11.4 Å². The number of halogens is 2. The predicted octanol–water partition coefficient (Wildman–Crippen LogP) is 2.29. The van der Waals surface area contributed by atoms with Crippen LogP contribution in [0.2, 0.25) is 0 Å². The molecule has 3 N–H and O–H groups in total. The van der Waals surface area contributed by atoms with Gasteiger partial charge in [0.2, 0.25) is 0 Å². The van der Waals surface area contributed by atoms with Gasteiger partial charge in [0.15, 0.2) is 0 Å². The Balaban J connectivity index is 2.60. The smallest absolute Gasteiger partial charge is 0.255 e. The number of hydrogen-bond acceptors (Lipinski definition) is 2. The van der Waals surface area contributed by atoms with Crippen molar-refractivity contribution in [1.29, 1.82) is 0 Å². The van der Waals surface area contributed by atoms with Crippen molar-refractivity contribution in [3.05, 3.63) is 36.4 Å². The largest absolute Gasteiger partial charge is 0.399 e. The molecule has 0 bridgehead atoms.